The van der Waals surface area contributed by atoms with E-state index >= 15 is 0 Å². The predicted octanol–water partition coefficient (Wildman–Crippen LogP) is 2.82. The molecule has 1 aliphatic rings. The summed E-state index contributed by atoms with van der Waals surface area (Å²) in [5.41, 5.74) is 1.46. The van der Waals surface area contributed by atoms with Crippen LogP contribution in [-0.2, 0) is 6.54 Å². The molecular formula is C16H30N4. The van der Waals surface area contributed by atoms with Crippen LogP contribution in [0.15, 0.2) is 12.3 Å². The third-order valence-electron chi connectivity index (χ3n) is 5.05. The molecule has 0 aromatic carbocycles. The molecule has 1 aromatic rings. The molecule has 4 heteroatoms. The van der Waals surface area contributed by atoms with Gasteiger partial charge >= 0.3 is 0 Å². The highest BCUT2D eigenvalue weighted by molar-refractivity contribution is 5.15. The first-order chi connectivity index (χ1) is 9.67. The predicted molar refractivity (Wildman–Crippen MR) is 83.8 cm³/mol. The SMILES string of the molecule is CCn1nccc1C(NC)C(C)(CC)N1CCCCC1. The summed E-state index contributed by atoms with van der Waals surface area (Å²) in [5.74, 6) is 0. The molecular weight excluding hydrogens is 248 g/mol. The Hall–Kier alpha value is -0.870. The minimum atomic E-state index is 0.155. The monoisotopic (exact) mass is 278 g/mol. The van der Waals surface area contributed by atoms with E-state index in [4.69, 9.17) is 0 Å². The van der Waals surface area contributed by atoms with Crippen molar-refractivity contribution in [1.82, 2.24) is 20.0 Å². The van der Waals surface area contributed by atoms with Crippen molar-refractivity contribution in [1.29, 1.82) is 0 Å². The minimum absolute atomic E-state index is 0.155. The molecule has 2 rings (SSSR count). The van der Waals surface area contributed by atoms with Gasteiger partial charge in [0.2, 0.25) is 0 Å². The Bertz CT molecular complexity index is 408. The lowest BCUT2D eigenvalue weighted by molar-refractivity contribution is 0.0421. The van der Waals surface area contributed by atoms with Crippen LogP contribution in [0.4, 0.5) is 0 Å². The normalized spacial score (nSPS) is 21.6. The molecule has 2 heterocycles. The topological polar surface area (TPSA) is 33.1 Å². The number of hydrogen-bond donors (Lipinski definition) is 1. The molecule has 0 radical (unpaired) electrons. The van der Waals surface area contributed by atoms with Gasteiger partial charge in [0.05, 0.1) is 11.7 Å². The molecule has 1 aliphatic heterocycles. The van der Waals surface area contributed by atoms with Crippen LogP contribution in [0.2, 0.25) is 0 Å². The number of likely N-dealkylation sites (tertiary alicyclic amines) is 1. The van der Waals surface area contributed by atoms with Gasteiger partial charge < -0.3 is 5.32 Å². The Morgan fingerprint density at radius 2 is 2.00 bits per heavy atom. The molecule has 2 unspecified atom stereocenters. The summed E-state index contributed by atoms with van der Waals surface area (Å²) in [5, 5.41) is 8.02. The van der Waals surface area contributed by atoms with E-state index in [2.05, 4.69) is 53.9 Å². The van der Waals surface area contributed by atoms with Gasteiger partial charge in [-0.15, -0.1) is 0 Å². The molecule has 0 bridgehead atoms. The summed E-state index contributed by atoms with van der Waals surface area (Å²) in [6, 6.07) is 2.50. The molecule has 1 fully saturated rings. The second-order valence-electron chi connectivity index (χ2n) is 6.05. The van der Waals surface area contributed by atoms with Crippen LogP contribution < -0.4 is 5.32 Å². The van der Waals surface area contributed by atoms with E-state index in [1.807, 2.05) is 6.20 Å². The van der Waals surface area contributed by atoms with E-state index in [-0.39, 0.29) is 5.54 Å². The lowest BCUT2D eigenvalue weighted by Crippen LogP contribution is -2.55. The Morgan fingerprint density at radius 3 is 2.55 bits per heavy atom. The van der Waals surface area contributed by atoms with E-state index in [0.29, 0.717) is 6.04 Å². The first kappa shape index (κ1) is 15.5. The molecule has 1 N–H and O–H groups in total. The summed E-state index contributed by atoms with van der Waals surface area (Å²) in [4.78, 5) is 2.69. The van der Waals surface area contributed by atoms with Crippen LogP contribution in [-0.4, -0.2) is 40.4 Å². The number of aryl methyl sites for hydroxylation is 1. The van der Waals surface area contributed by atoms with Crippen LogP contribution in [0.25, 0.3) is 0 Å². The fourth-order valence-electron chi connectivity index (χ4n) is 3.64. The molecule has 1 aromatic heterocycles. The Labute approximate surface area is 123 Å². The third kappa shape index (κ3) is 2.77. The first-order valence-electron chi connectivity index (χ1n) is 8.11. The van der Waals surface area contributed by atoms with E-state index in [1.165, 1.54) is 38.0 Å². The highest BCUT2D eigenvalue weighted by Gasteiger charge is 2.40. The zero-order chi connectivity index (χ0) is 14.6. The van der Waals surface area contributed by atoms with Crippen LogP contribution in [0.3, 0.4) is 0 Å². The van der Waals surface area contributed by atoms with Gasteiger partial charge in [-0.2, -0.15) is 5.10 Å². The van der Waals surface area contributed by atoms with E-state index in [9.17, 15) is 0 Å². The highest BCUT2D eigenvalue weighted by atomic mass is 15.3. The second kappa shape index (κ2) is 6.72. The molecule has 0 aliphatic carbocycles. The second-order valence-corrected chi connectivity index (χ2v) is 6.05. The van der Waals surface area contributed by atoms with E-state index < -0.39 is 0 Å². The van der Waals surface area contributed by atoms with Gasteiger partial charge in [0.15, 0.2) is 0 Å². The van der Waals surface area contributed by atoms with Gasteiger partial charge in [0, 0.05) is 18.3 Å². The van der Waals surface area contributed by atoms with Gasteiger partial charge in [-0.25, -0.2) is 0 Å². The zero-order valence-corrected chi connectivity index (χ0v) is 13.5. The fourth-order valence-corrected chi connectivity index (χ4v) is 3.64. The van der Waals surface area contributed by atoms with Crippen molar-refractivity contribution in [3.05, 3.63) is 18.0 Å². The number of hydrogen-bond acceptors (Lipinski definition) is 3. The molecule has 1 saturated heterocycles. The van der Waals surface area contributed by atoms with E-state index in [0.717, 1.165) is 13.0 Å². The number of rotatable bonds is 6. The summed E-state index contributed by atoms with van der Waals surface area (Å²) < 4.78 is 2.12. The van der Waals surface area contributed by atoms with Gasteiger partial charge in [0.25, 0.3) is 0 Å². The van der Waals surface area contributed by atoms with Crippen molar-refractivity contribution in [2.45, 2.75) is 64.6 Å². The van der Waals surface area contributed by atoms with Crippen molar-refractivity contribution < 1.29 is 0 Å². The van der Waals surface area contributed by atoms with Crippen molar-refractivity contribution in [3.63, 3.8) is 0 Å². The van der Waals surface area contributed by atoms with Crippen molar-refractivity contribution >= 4 is 0 Å². The molecule has 0 spiro atoms. The van der Waals surface area contributed by atoms with Crippen LogP contribution in [0.1, 0.15) is 58.2 Å². The number of nitrogens with zero attached hydrogens (tertiary/aromatic N) is 3. The molecule has 114 valence electrons. The maximum absolute atomic E-state index is 4.45. The maximum atomic E-state index is 4.45. The molecule has 2 atom stereocenters. The highest BCUT2D eigenvalue weighted by Crippen LogP contribution is 2.35. The number of aromatic nitrogens is 2. The third-order valence-corrected chi connectivity index (χ3v) is 5.05. The van der Waals surface area contributed by atoms with Crippen molar-refractivity contribution in [2.75, 3.05) is 20.1 Å². The smallest absolute Gasteiger partial charge is 0.0673 e. The molecule has 0 saturated carbocycles. The lowest BCUT2D eigenvalue weighted by Gasteiger charge is -2.48. The van der Waals surface area contributed by atoms with E-state index in [1.54, 1.807) is 0 Å². The number of nitrogens with one attached hydrogen (secondary N) is 1. The molecule has 4 nitrogen and oxygen atoms in total. The van der Waals surface area contributed by atoms with Gasteiger partial charge in [-0.05, 0) is 59.3 Å². The lowest BCUT2D eigenvalue weighted by atomic mass is 9.83. The quantitative estimate of drug-likeness (QED) is 0.868. The molecule has 20 heavy (non-hydrogen) atoms. The Kier molecular flexibility index (Phi) is 5.22. The largest absolute Gasteiger partial charge is 0.310 e. The average molecular weight is 278 g/mol. The first-order valence-corrected chi connectivity index (χ1v) is 8.11. The fraction of sp³-hybridized carbons (Fsp3) is 0.812. The zero-order valence-electron chi connectivity index (χ0n) is 13.5. The number of likely N-dealkylation sites (N-methyl/N-ethyl adjacent to an activating group) is 1. The maximum Gasteiger partial charge on any atom is 0.0673 e. The van der Waals surface area contributed by atoms with Crippen molar-refractivity contribution in [2.24, 2.45) is 0 Å². The number of piperidine rings is 1. The summed E-state index contributed by atoms with van der Waals surface area (Å²) in [7, 11) is 2.08. The van der Waals surface area contributed by atoms with Crippen molar-refractivity contribution in [3.8, 4) is 0 Å². The van der Waals surface area contributed by atoms with Crippen LogP contribution >= 0.6 is 0 Å². The minimum Gasteiger partial charge on any atom is -0.310 e. The van der Waals surface area contributed by atoms with Crippen LogP contribution in [0.5, 0.6) is 0 Å². The van der Waals surface area contributed by atoms with Gasteiger partial charge in [0.1, 0.15) is 0 Å². The summed E-state index contributed by atoms with van der Waals surface area (Å²) >= 11 is 0. The Balaban J connectivity index is 2.30. The average Bonchev–Trinajstić information content (AvgIpc) is 2.97. The van der Waals surface area contributed by atoms with Gasteiger partial charge in [-0.3, -0.25) is 9.58 Å². The standard InChI is InChI=1S/C16H30N4/c1-5-16(3,19-12-8-7-9-13-19)15(17-4)14-10-11-18-20(14)6-2/h10-11,15,17H,5-9,12-13H2,1-4H3. The molecule has 0 amide bonds. The van der Waals surface area contributed by atoms with Crippen LogP contribution in [0, 0.1) is 0 Å². The summed E-state index contributed by atoms with van der Waals surface area (Å²) in [6.45, 7) is 10.3. The Morgan fingerprint density at radius 1 is 1.30 bits per heavy atom. The summed E-state index contributed by atoms with van der Waals surface area (Å²) in [6.07, 6.45) is 7.12. The van der Waals surface area contributed by atoms with Gasteiger partial charge in [-0.1, -0.05) is 13.3 Å².